The fraction of sp³-hybridized carbons (Fsp3) is 0. The average molecular weight is 349 g/mol. The van der Waals surface area contributed by atoms with Gasteiger partial charge < -0.3 is 0 Å². The molecule has 0 fully saturated rings. The highest BCUT2D eigenvalue weighted by atomic mass is 79.9. The first-order chi connectivity index (χ1) is 8.49. The van der Waals surface area contributed by atoms with Crippen molar-refractivity contribution in [1.29, 1.82) is 0 Å². The number of anilines is 1. The molecule has 18 heavy (non-hydrogen) atoms. The van der Waals surface area contributed by atoms with Gasteiger partial charge in [0.1, 0.15) is 4.90 Å². The zero-order valence-electron chi connectivity index (χ0n) is 8.84. The van der Waals surface area contributed by atoms with E-state index in [1.165, 1.54) is 24.7 Å². The van der Waals surface area contributed by atoms with Crippen LogP contribution in [0.3, 0.4) is 0 Å². The standard InChI is InChI=1S/C10H7BrClN3O2S/c11-7-3-8(5-14-4-7)15-18(16,17)10-6-13-2-1-9(10)12/h1-6,15H. The van der Waals surface area contributed by atoms with E-state index in [2.05, 4.69) is 30.6 Å². The maximum absolute atomic E-state index is 12.1. The van der Waals surface area contributed by atoms with Gasteiger partial charge in [-0.3, -0.25) is 14.7 Å². The Kier molecular flexibility index (Phi) is 3.84. The van der Waals surface area contributed by atoms with Gasteiger partial charge >= 0.3 is 0 Å². The topological polar surface area (TPSA) is 72.0 Å². The predicted octanol–water partition coefficient (Wildman–Crippen LogP) is 2.69. The fourth-order valence-corrected chi connectivity index (χ4v) is 3.07. The molecule has 8 heteroatoms. The molecule has 5 nitrogen and oxygen atoms in total. The molecule has 2 aromatic rings. The largest absolute Gasteiger partial charge is 0.278 e. The van der Waals surface area contributed by atoms with Crippen LogP contribution in [0.2, 0.25) is 5.02 Å². The van der Waals surface area contributed by atoms with E-state index < -0.39 is 10.0 Å². The van der Waals surface area contributed by atoms with Crippen LogP contribution in [0, 0.1) is 0 Å². The van der Waals surface area contributed by atoms with Crippen molar-refractivity contribution in [3.05, 3.63) is 46.4 Å². The lowest BCUT2D eigenvalue weighted by Gasteiger charge is -2.08. The minimum atomic E-state index is -3.77. The Morgan fingerprint density at radius 3 is 2.67 bits per heavy atom. The third-order valence-corrected chi connectivity index (χ3v) is 4.26. The first kappa shape index (κ1) is 13.3. The Hall–Kier alpha value is -1.18. The third-order valence-electron chi connectivity index (χ3n) is 1.98. The van der Waals surface area contributed by atoms with E-state index in [1.807, 2.05) is 0 Å². The normalized spacial score (nSPS) is 11.2. The molecule has 94 valence electrons. The molecule has 0 spiro atoms. The molecular weight excluding hydrogens is 342 g/mol. The molecule has 0 saturated heterocycles. The summed E-state index contributed by atoms with van der Waals surface area (Å²) >= 11 is 9.03. The van der Waals surface area contributed by atoms with Gasteiger partial charge in [-0.15, -0.1) is 0 Å². The van der Waals surface area contributed by atoms with E-state index in [9.17, 15) is 8.42 Å². The van der Waals surface area contributed by atoms with Crippen molar-refractivity contribution in [2.45, 2.75) is 4.90 Å². The third kappa shape index (κ3) is 2.98. The molecule has 0 aromatic carbocycles. The maximum Gasteiger partial charge on any atom is 0.264 e. The first-order valence-corrected chi connectivity index (χ1v) is 7.37. The van der Waals surface area contributed by atoms with Gasteiger partial charge in [0.25, 0.3) is 10.0 Å². The SMILES string of the molecule is O=S(=O)(Nc1cncc(Br)c1)c1cnccc1Cl. The summed E-state index contributed by atoms with van der Waals surface area (Å²) in [5.74, 6) is 0. The Morgan fingerprint density at radius 2 is 2.00 bits per heavy atom. The van der Waals surface area contributed by atoms with Crippen molar-refractivity contribution in [3.8, 4) is 0 Å². The zero-order valence-corrected chi connectivity index (χ0v) is 12.0. The summed E-state index contributed by atoms with van der Waals surface area (Å²) in [5.41, 5.74) is 0.337. The molecule has 0 amide bonds. The average Bonchev–Trinajstić information content (AvgIpc) is 2.28. The number of nitrogens with zero attached hydrogens (tertiary/aromatic N) is 2. The molecule has 0 unspecified atom stereocenters. The molecular formula is C10H7BrClN3O2S. The van der Waals surface area contributed by atoms with Gasteiger partial charge in [-0.25, -0.2) is 8.42 Å². The molecule has 0 bridgehead atoms. The summed E-state index contributed by atoms with van der Waals surface area (Å²) < 4.78 is 27.1. The molecule has 0 saturated carbocycles. The van der Waals surface area contributed by atoms with Crippen molar-refractivity contribution < 1.29 is 8.42 Å². The van der Waals surface area contributed by atoms with Gasteiger partial charge in [0.2, 0.25) is 0 Å². The summed E-state index contributed by atoms with van der Waals surface area (Å²) in [6, 6.07) is 3.00. The maximum atomic E-state index is 12.1. The van der Waals surface area contributed by atoms with E-state index >= 15 is 0 Å². The van der Waals surface area contributed by atoms with E-state index in [1.54, 1.807) is 12.3 Å². The lowest BCUT2D eigenvalue weighted by Crippen LogP contribution is -2.13. The Morgan fingerprint density at radius 1 is 1.22 bits per heavy atom. The number of sulfonamides is 1. The Labute approximate surface area is 117 Å². The van der Waals surface area contributed by atoms with Crippen molar-refractivity contribution in [2.24, 2.45) is 0 Å². The van der Waals surface area contributed by atoms with Crippen LogP contribution in [0.25, 0.3) is 0 Å². The number of pyridine rings is 2. The molecule has 0 radical (unpaired) electrons. The van der Waals surface area contributed by atoms with Crippen LogP contribution in [0.15, 0.2) is 46.3 Å². The highest BCUT2D eigenvalue weighted by Crippen LogP contribution is 2.23. The quantitative estimate of drug-likeness (QED) is 0.925. The van der Waals surface area contributed by atoms with E-state index in [-0.39, 0.29) is 9.92 Å². The smallest absolute Gasteiger partial charge is 0.264 e. The van der Waals surface area contributed by atoms with Gasteiger partial charge in [0.15, 0.2) is 0 Å². The van der Waals surface area contributed by atoms with Crippen LogP contribution in [0.1, 0.15) is 0 Å². The summed E-state index contributed by atoms with van der Waals surface area (Å²) in [5, 5.41) is 0.112. The molecule has 1 N–H and O–H groups in total. The van der Waals surface area contributed by atoms with Crippen LogP contribution in [-0.2, 0) is 10.0 Å². The molecule has 2 heterocycles. The first-order valence-electron chi connectivity index (χ1n) is 4.72. The second kappa shape index (κ2) is 5.21. The van der Waals surface area contributed by atoms with Crippen LogP contribution >= 0.6 is 27.5 Å². The van der Waals surface area contributed by atoms with Crippen molar-refractivity contribution in [2.75, 3.05) is 4.72 Å². The second-order valence-corrected chi connectivity index (χ2v) is 6.28. The molecule has 2 rings (SSSR count). The van der Waals surface area contributed by atoms with Crippen LogP contribution < -0.4 is 4.72 Å². The lowest BCUT2D eigenvalue weighted by atomic mass is 10.4. The minimum Gasteiger partial charge on any atom is -0.278 e. The highest BCUT2D eigenvalue weighted by molar-refractivity contribution is 9.10. The summed E-state index contributed by atoms with van der Waals surface area (Å²) in [6.07, 6.45) is 5.56. The Bertz CT molecular complexity index is 678. The van der Waals surface area contributed by atoms with Crippen molar-refractivity contribution in [3.63, 3.8) is 0 Å². The van der Waals surface area contributed by atoms with Gasteiger partial charge in [-0.2, -0.15) is 0 Å². The van der Waals surface area contributed by atoms with Crippen molar-refractivity contribution >= 4 is 43.2 Å². The van der Waals surface area contributed by atoms with Crippen LogP contribution in [-0.4, -0.2) is 18.4 Å². The van der Waals surface area contributed by atoms with Gasteiger partial charge in [-0.1, -0.05) is 11.6 Å². The summed E-state index contributed by atoms with van der Waals surface area (Å²) in [4.78, 5) is 7.53. The molecule has 2 aromatic heterocycles. The van der Waals surface area contributed by atoms with Crippen LogP contribution in [0.5, 0.6) is 0 Å². The number of aromatic nitrogens is 2. The molecule has 0 aliphatic carbocycles. The molecule has 0 aliphatic rings. The minimum absolute atomic E-state index is 0.0772. The predicted molar refractivity (Wildman–Crippen MR) is 72.0 cm³/mol. The lowest BCUT2D eigenvalue weighted by molar-refractivity contribution is 0.601. The number of halogens is 2. The van der Waals surface area contributed by atoms with Crippen molar-refractivity contribution in [1.82, 2.24) is 9.97 Å². The Balaban J connectivity index is 2.37. The van der Waals surface area contributed by atoms with Crippen LogP contribution in [0.4, 0.5) is 5.69 Å². The van der Waals surface area contributed by atoms with Gasteiger partial charge in [-0.05, 0) is 28.1 Å². The van der Waals surface area contributed by atoms with Gasteiger partial charge in [0.05, 0.1) is 16.9 Å². The zero-order chi connectivity index (χ0) is 13.2. The summed E-state index contributed by atoms with van der Waals surface area (Å²) in [7, 11) is -3.77. The molecule has 0 atom stereocenters. The summed E-state index contributed by atoms with van der Waals surface area (Å²) in [6.45, 7) is 0. The fourth-order valence-electron chi connectivity index (χ4n) is 1.24. The second-order valence-electron chi connectivity index (χ2n) is 3.30. The monoisotopic (exact) mass is 347 g/mol. The van der Waals surface area contributed by atoms with E-state index in [0.29, 0.717) is 10.2 Å². The number of rotatable bonds is 3. The number of hydrogen-bond acceptors (Lipinski definition) is 4. The number of nitrogens with one attached hydrogen (secondary N) is 1. The van der Waals surface area contributed by atoms with E-state index in [4.69, 9.17) is 11.6 Å². The highest BCUT2D eigenvalue weighted by Gasteiger charge is 2.18. The van der Waals surface area contributed by atoms with Gasteiger partial charge in [0, 0.05) is 23.1 Å². The van der Waals surface area contributed by atoms with E-state index in [0.717, 1.165) is 0 Å². The molecule has 0 aliphatic heterocycles. The number of hydrogen-bond donors (Lipinski definition) is 1.